The van der Waals surface area contributed by atoms with Gasteiger partial charge in [0, 0.05) is 18.4 Å². The summed E-state index contributed by atoms with van der Waals surface area (Å²) < 4.78 is 19.3. The fraction of sp³-hybridized carbons (Fsp3) is 0.312. The average molecular weight is 309 g/mol. The van der Waals surface area contributed by atoms with Gasteiger partial charge in [-0.15, -0.1) is 0 Å². The number of halogens is 2. The number of likely N-dealkylation sites (N-methyl/N-ethyl adjacent to an activating group) is 1. The molecule has 1 N–H and O–H groups in total. The van der Waals surface area contributed by atoms with E-state index in [4.69, 9.17) is 16.3 Å². The highest BCUT2D eigenvalue weighted by Gasteiger charge is 2.18. The lowest BCUT2D eigenvalue weighted by Crippen LogP contribution is -2.23. The van der Waals surface area contributed by atoms with Gasteiger partial charge in [-0.1, -0.05) is 30.7 Å². The molecule has 0 aliphatic carbocycles. The van der Waals surface area contributed by atoms with Gasteiger partial charge in [-0.2, -0.15) is 0 Å². The standard InChI is InChI=1S/C16H18ClFN2O/c1-3-20-14(12-7-8-19-10-13(12)17)9-11-5-4-6-15(21-2)16(11)18/h4-8,10,14,20H,3,9H2,1-2H3. The van der Waals surface area contributed by atoms with E-state index in [1.807, 2.05) is 13.0 Å². The molecule has 1 unspecified atom stereocenters. The zero-order valence-electron chi connectivity index (χ0n) is 12.1. The Balaban J connectivity index is 2.31. The van der Waals surface area contributed by atoms with E-state index < -0.39 is 0 Å². The molecule has 5 heteroatoms. The summed E-state index contributed by atoms with van der Waals surface area (Å²) in [5, 5.41) is 3.91. The molecular weight excluding hydrogens is 291 g/mol. The van der Waals surface area contributed by atoms with Crippen molar-refractivity contribution in [3.63, 3.8) is 0 Å². The number of rotatable bonds is 6. The van der Waals surface area contributed by atoms with Gasteiger partial charge in [0.2, 0.25) is 0 Å². The number of ether oxygens (including phenoxy) is 1. The zero-order valence-corrected chi connectivity index (χ0v) is 12.8. The molecule has 0 aliphatic heterocycles. The second-order valence-corrected chi connectivity index (χ2v) is 5.05. The lowest BCUT2D eigenvalue weighted by Gasteiger charge is -2.20. The van der Waals surface area contributed by atoms with Crippen LogP contribution in [0.5, 0.6) is 5.75 Å². The summed E-state index contributed by atoms with van der Waals surface area (Å²) in [6.07, 6.45) is 3.78. The van der Waals surface area contributed by atoms with Crippen LogP contribution in [0.1, 0.15) is 24.1 Å². The maximum atomic E-state index is 14.3. The number of hydrogen-bond acceptors (Lipinski definition) is 3. The maximum Gasteiger partial charge on any atom is 0.168 e. The number of nitrogens with one attached hydrogen (secondary N) is 1. The van der Waals surface area contributed by atoms with Crippen molar-refractivity contribution < 1.29 is 9.13 Å². The van der Waals surface area contributed by atoms with E-state index in [0.717, 1.165) is 12.1 Å². The van der Waals surface area contributed by atoms with E-state index in [0.29, 0.717) is 17.0 Å². The molecule has 1 aromatic carbocycles. The van der Waals surface area contributed by atoms with Crippen molar-refractivity contribution in [2.75, 3.05) is 13.7 Å². The van der Waals surface area contributed by atoms with Gasteiger partial charge in [0.15, 0.2) is 11.6 Å². The van der Waals surface area contributed by atoms with Crippen molar-refractivity contribution in [3.05, 3.63) is 58.6 Å². The van der Waals surface area contributed by atoms with E-state index in [1.54, 1.807) is 30.6 Å². The van der Waals surface area contributed by atoms with Crippen molar-refractivity contribution in [1.82, 2.24) is 10.3 Å². The van der Waals surface area contributed by atoms with Crippen molar-refractivity contribution in [2.24, 2.45) is 0 Å². The molecule has 1 aromatic heterocycles. The summed E-state index contributed by atoms with van der Waals surface area (Å²) >= 11 is 6.20. The van der Waals surface area contributed by atoms with Crippen LogP contribution in [0.4, 0.5) is 4.39 Å². The third-order valence-corrected chi connectivity index (χ3v) is 3.63. The lowest BCUT2D eigenvalue weighted by atomic mass is 9.99. The van der Waals surface area contributed by atoms with E-state index in [-0.39, 0.29) is 17.6 Å². The largest absolute Gasteiger partial charge is 0.494 e. The third kappa shape index (κ3) is 3.71. The lowest BCUT2D eigenvalue weighted by molar-refractivity contribution is 0.382. The molecular formula is C16H18ClFN2O. The molecule has 0 aliphatic rings. The minimum atomic E-state index is -0.326. The minimum Gasteiger partial charge on any atom is -0.494 e. The van der Waals surface area contributed by atoms with Gasteiger partial charge in [0.1, 0.15) is 0 Å². The summed E-state index contributed by atoms with van der Waals surface area (Å²) in [4.78, 5) is 3.99. The third-order valence-electron chi connectivity index (χ3n) is 3.32. The highest BCUT2D eigenvalue weighted by molar-refractivity contribution is 6.31. The highest BCUT2D eigenvalue weighted by Crippen LogP contribution is 2.28. The van der Waals surface area contributed by atoms with Crippen LogP contribution < -0.4 is 10.1 Å². The molecule has 0 saturated carbocycles. The first kappa shape index (κ1) is 15.7. The molecule has 0 bridgehead atoms. The molecule has 2 rings (SSSR count). The molecule has 1 heterocycles. The first-order chi connectivity index (χ1) is 10.2. The molecule has 0 fully saturated rings. The van der Waals surface area contributed by atoms with Gasteiger partial charge >= 0.3 is 0 Å². The molecule has 3 nitrogen and oxygen atoms in total. The fourth-order valence-corrected chi connectivity index (χ4v) is 2.55. The summed E-state index contributed by atoms with van der Waals surface area (Å²) in [5.74, 6) is -0.0725. The number of aromatic nitrogens is 1. The molecule has 0 radical (unpaired) electrons. The van der Waals surface area contributed by atoms with Crippen LogP contribution in [0.3, 0.4) is 0 Å². The van der Waals surface area contributed by atoms with Crippen LogP contribution in [0.15, 0.2) is 36.7 Å². The Labute approximate surface area is 129 Å². The van der Waals surface area contributed by atoms with Gasteiger partial charge < -0.3 is 10.1 Å². The number of nitrogens with zero attached hydrogens (tertiary/aromatic N) is 1. The normalized spacial score (nSPS) is 12.2. The van der Waals surface area contributed by atoms with Crippen molar-refractivity contribution in [3.8, 4) is 5.75 Å². The Morgan fingerprint density at radius 3 is 2.86 bits per heavy atom. The van der Waals surface area contributed by atoms with Crippen LogP contribution in [0, 0.1) is 5.82 Å². The van der Waals surface area contributed by atoms with Gasteiger partial charge in [-0.3, -0.25) is 4.98 Å². The Morgan fingerprint density at radius 1 is 1.38 bits per heavy atom. The van der Waals surface area contributed by atoms with Crippen molar-refractivity contribution in [2.45, 2.75) is 19.4 Å². The molecule has 1 atom stereocenters. The monoisotopic (exact) mass is 308 g/mol. The highest BCUT2D eigenvalue weighted by atomic mass is 35.5. The Kier molecular flexibility index (Phi) is 5.53. The molecule has 0 amide bonds. The quantitative estimate of drug-likeness (QED) is 0.882. The van der Waals surface area contributed by atoms with Crippen LogP contribution in [-0.2, 0) is 6.42 Å². The van der Waals surface area contributed by atoms with E-state index in [2.05, 4.69) is 10.3 Å². The van der Waals surface area contributed by atoms with Gasteiger partial charge in [0.25, 0.3) is 0 Å². The topological polar surface area (TPSA) is 34.1 Å². The Morgan fingerprint density at radius 2 is 2.19 bits per heavy atom. The average Bonchev–Trinajstić information content (AvgIpc) is 2.49. The van der Waals surface area contributed by atoms with Crippen molar-refractivity contribution in [1.29, 1.82) is 0 Å². The van der Waals surface area contributed by atoms with Gasteiger partial charge in [0.05, 0.1) is 12.1 Å². The minimum absolute atomic E-state index is 0.0768. The number of hydrogen-bond donors (Lipinski definition) is 1. The smallest absolute Gasteiger partial charge is 0.168 e. The van der Waals surface area contributed by atoms with Crippen molar-refractivity contribution >= 4 is 11.6 Å². The second kappa shape index (κ2) is 7.38. The zero-order chi connectivity index (χ0) is 15.2. The number of methoxy groups -OCH3 is 1. The first-order valence-corrected chi connectivity index (χ1v) is 7.19. The SMILES string of the molecule is CCNC(Cc1cccc(OC)c1F)c1ccncc1Cl. The van der Waals surface area contributed by atoms with E-state index >= 15 is 0 Å². The molecule has 112 valence electrons. The summed E-state index contributed by atoms with van der Waals surface area (Å²) in [6, 6.07) is 6.94. The predicted molar refractivity (Wildman–Crippen MR) is 82.3 cm³/mol. The first-order valence-electron chi connectivity index (χ1n) is 6.81. The van der Waals surface area contributed by atoms with Gasteiger partial charge in [-0.05, 0) is 36.2 Å². The summed E-state index contributed by atoms with van der Waals surface area (Å²) in [6.45, 7) is 2.76. The molecule has 2 aromatic rings. The van der Waals surface area contributed by atoms with Crippen LogP contribution in [0.25, 0.3) is 0 Å². The summed E-state index contributed by atoms with van der Waals surface area (Å²) in [7, 11) is 1.46. The second-order valence-electron chi connectivity index (χ2n) is 4.64. The van der Waals surface area contributed by atoms with E-state index in [1.165, 1.54) is 7.11 Å². The Hall–Kier alpha value is -1.65. The van der Waals surface area contributed by atoms with Gasteiger partial charge in [-0.25, -0.2) is 4.39 Å². The van der Waals surface area contributed by atoms with Crippen LogP contribution in [0.2, 0.25) is 5.02 Å². The predicted octanol–water partition coefficient (Wildman–Crippen LogP) is 3.78. The fourth-order valence-electron chi connectivity index (χ4n) is 2.30. The number of benzene rings is 1. The van der Waals surface area contributed by atoms with Crippen LogP contribution >= 0.6 is 11.6 Å². The summed E-state index contributed by atoms with van der Waals surface area (Å²) in [5.41, 5.74) is 1.50. The number of pyridine rings is 1. The van der Waals surface area contributed by atoms with E-state index in [9.17, 15) is 4.39 Å². The molecule has 0 spiro atoms. The van der Waals surface area contributed by atoms with Crippen LogP contribution in [-0.4, -0.2) is 18.6 Å². The molecule has 0 saturated heterocycles. The Bertz CT molecular complexity index is 607. The maximum absolute atomic E-state index is 14.3. The molecule has 21 heavy (non-hydrogen) atoms.